The summed E-state index contributed by atoms with van der Waals surface area (Å²) in [6, 6.07) is 5.93. The van der Waals surface area contributed by atoms with Gasteiger partial charge in [-0.1, -0.05) is 12.1 Å². The zero-order valence-electron chi connectivity index (χ0n) is 9.77. The first-order valence-corrected chi connectivity index (χ1v) is 5.23. The van der Waals surface area contributed by atoms with Crippen LogP contribution in [-0.2, 0) is 11.3 Å². The number of nitro groups is 1. The fourth-order valence-electron chi connectivity index (χ4n) is 1.32. The molecule has 0 saturated carbocycles. The minimum atomic E-state index is -0.440. The predicted molar refractivity (Wildman–Crippen MR) is 63.5 cm³/mol. The molecule has 1 amide bonds. The highest BCUT2D eigenvalue weighted by Crippen LogP contribution is 2.11. The van der Waals surface area contributed by atoms with E-state index in [2.05, 4.69) is 10.6 Å². The molecule has 0 saturated heterocycles. The summed E-state index contributed by atoms with van der Waals surface area (Å²) in [5.74, 6) is -0.0908. The van der Waals surface area contributed by atoms with Crippen molar-refractivity contribution >= 4 is 11.6 Å². The average Bonchev–Trinajstić information content (AvgIpc) is 2.35. The number of amides is 1. The number of hydrogen-bond donors (Lipinski definition) is 2. The molecule has 0 bridgehead atoms. The van der Waals surface area contributed by atoms with Gasteiger partial charge in [0.25, 0.3) is 5.69 Å². The van der Waals surface area contributed by atoms with E-state index in [0.717, 1.165) is 5.56 Å². The van der Waals surface area contributed by atoms with E-state index in [4.69, 9.17) is 0 Å². The first-order valence-electron chi connectivity index (χ1n) is 5.23. The highest BCUT2D eigenvalue weighted by molar-refractivity contribution is 5.80. The van der Waals surface area contributed by atoms with Crippen LogP contribution < -0.4 is 10.6 Å². The molecule has 17 heavy (non-hydrogen) atoms. The van der Waals surface area contributed by atoms with Gasteiger partial charge in [0.15, 0.2) is 0 Å². The molecule has 0 fully saturated rings. The summed E-state index contributed by atoms with van der Waals surface area (Å²) < 4.78 is 0. The molecule has 1 aromatic carbocycles. The van der Waals surface area contributed by atoms with Crippen molar-refractivity contribution in [3.63, 3.8) is 0 Å². The van der Waals surface area contributed by atoms with Gasteiger partial charge in [-0.15, -0.1) is 0 Å². The molecule has 0 aromatic heterocycles. The molecule has 0 spiro atoms. The van der Waals surface area contributed by atoms with Gasteiger partial charge in [-0.05, 0) is 12.5 Å². The van der Waals surface area contributed by atoms with Crippen LogP contribution in [0.4, 0.5) is 5.69 Å². The summed E-state index contributed by atoms with van der Waals surface area (Å²) in [7, 11) is 1.58. The first kappa shape index (κ1) is 13.1. The number of nitrogens with one attached hydrogen (secondary N) is 2. The zero-order chi connectivity index (χ0) is 12.8. The molecular formula is C11H15N3O3. The molecule has 1 rings (SSSR count). The van der Waals surface area contributed by atoms with E-state index in [1.165, 1.54) is 12.1 Å². The van der Waals surface area contributed by atoms with E-state index >= 15 is 0 Å². The van der Waals surface area contributed by atoms with Crippen LogP contribution in [0.25, 0.3) is 0 Å². The number of carbonyl (C=O) groups is 1. The summed E-state index contributed by atoms with van der Waals surface area (Å²) in [4.78, 5) is 21.2. The fraction of sp³-hybridized carbons (Fsp3) is 0.364. The Balaban J connectivity index is 2.53. The summed E-state index contributed by atoms with van der Waals surface area (Å²) in [6.45, 7) is 2.25. The second-order valence-corrected chi connectivity index (χ2v) is 3.64. The van der Waals surface area contributed by atoms with Gasteiger partial charge in [-0.2, -0.15) is 0 Å². The highest BCUT2D eigenvalue weighted by Gasteiger charge is 2.10. The summed E-state index contributed by atoms with van der Waals surface area (Å²) >= 11 is 0. The number of benzene rings is 1. The van der Waals surface area contributed by atoms with Gasteiger partial charge in [-0.3, -0.25) is 14.9 Å². The number of likely N-dealkylation sites (N-methyl/N-ethyl adjacent to an activating group) is 1. The van der Waals surface area contributed by atoms with Gasteiger partial charge in [0.05, 0.1) is 11.0 Å². The van der Waals surface area contributed by atoms with Crippen molar-refractivity contribution < 1.29 is 9.72 Å². The van der Waals surface area contributed by atoms with Crippen molar-refractivity contribution in [3.05, 3.63) is 39.9 Å². The number of hydrogen-bond acceptors (Lipinski definition) is 4. The van der Waals surface area contributed by atoms with Gasteiger partial charge >= 0.3 is 0 Å². The van der Waals surface area contributed by atoms with E-state index in [9.17, 15) is 14.9 Å². The third-order valence-corrected chi connectivity index (χ3v) is 2.40. The lowest BCUT2D eigenvalue weighted by Crippen LogP contribution is -2.40. The number of nitrogens with zero attached hydrogens (tertiary/aromatic N) is 1. The van der Waals surface area contributed by atoms with E-state index in [1.54, 1.807) is 26.1 Å². The first-order chi connectivity index (χ1) is 8.04. The van der Waals surface area contributed by atoms with Crippen molar-refractivity contribution in [1.82, 2.24) is 10.6 Å². The van der Waals surface area contributed by atoms with Crippen LogP contribution in [-0.4, -0.2) is 23.9 Å². The van der Waals surface area contributed by atoms with Crippen LogP contribution >= 0.6 is 0 Å². The molecular weight excluding hydrogens is 222 g/mol. The summed E-state index contributed by atoms with van der Waals surface area (Å²) in [6.07, 6.45) is 0. The zero-order valence-corrected chi connectivity index (χ0v) is 9.77. The van der Waals surface area contributed by atoms with Crippen LogP contribution in [0.5, 0.6) is 0 Å². The van der Waals surface area contributed by atoms with Crippen molar-refractivity contribution in [2.24, 2.45) is 0 Å². The molecule has 1 atom stereocenters. The van der Waals surface area contributed by atoms with Gasteiger partial charge in [0, 0.05) is 25.7 Å². The lowest BCUT2D eigenvalue weighted by atomic mass is 10.2. The Bertz CT molecular complexity index is 403. The van der Waals surface area contributed by atoms with Crippen LogP contribution in [0.1, 0.15) is 12.5 Å². The molecule has 0 aliphatic carbocycles. The number of carbonyl (C=O) groups excluding carboxylic acids is 1. The predicted octanol–water partition coefficient (Wildman–Crippen LogP) is 0.819. The standard InChI is InChI=1S/C11H15N3O3/c1-8(11(15)12-2)13-7-9-3-5-10(6-4-9)14(16)17/h3-6,8,13H,7H2,1-2H3,(H,12,15). The largest absolute Gasteiger partial charge is 0.358 e. The van der Waals surface area contributed by atoms with Crippen LogP contribution in [0, 0.1) is 10.1 Å². The minimum Gasteiger partial charge on any atom is -0.358 e. The quantitative estimate of drug-likeness (QED) is 0.586. The Morgan fingerprint density at radius 1 is 1.41 bits per heavy atom. The monoisotopic (exact) mass is 237 g/mol. The Morgan fingerprint density at radius 2 is 2.00 bits per heavy atom. The number of nitro benzene ring substituents is 1. The molecule has 0 aliphatic rings. The third kappa shape index (κ3) is 3.84. The average molecular weight is 237 g/mol. The fourth-order valence-corrected chi connectivity index (χ4v) is 1.32. The lowest BCUT2D eigenvalue weighted by Gasteiger charge is -2.11. The maximum Gasteiger partial charge on any atom is 0.269 e. The molecule has 2 N–H and O–H groups in total. The van der Waals surface area contributed by atoms with Crippen molar-refractivity contribution in [1.29, 1.82) is 0 Å². The SMILES string of the molecule is CNC(=O)C(C)NCc1ccc([N+](=O)[O-])cc1. The number of rotatable bonds is 5. The Hall–Kier alpha value is -1.95. The minimum absolute atomic E-state index is 0.0631. The second-order valence-electron chi connectivity index (χ2n) is 3.64. The summed E-state index contributed by atoms with van der Waals surface area (Å²) in [5.41, 5.74) is 0.958. The molecule has 1 unspecified atom stereocenters. The normalized spacial score (nSPS) is 11.9. The molecule has 0 heterocycles. The smallest absolute Gasteiger partial charge is 0.269 e. The molecule has 0 aliphatic heterocycles. The molecule has 0 radical (unpaired) electrons. The van der Waals surface area contributed by atoms with E-state index in [-0.39, 0.29) is 17.6 Å². The molecule has 1 aromatic rings. The van der Waals surface area contributed by atoms with E-state index in [0.29, 0.717) is 6.54 Å². The Labute approximate surface area is 99.2 Å². The van der Waals surface area contributed by atoms with Gasteiger partial charge in [0.1, 0.15) is 0 Å². The highest BCUT2D eigenvalue weighted by atomic mass is 16.6. The van der Waals surface area contributed by atoms with Crippen LogP contribution in [0.15, 0.2) is 24.3 Å². The van der Waals surface area contributed by atoms with Gasteiger partial charge in [-0.25, -0.2) is 0 Å². The maximum absolute atomic E-state index is 11.2. The van der Waals surface area contributed by atoms with Crippen molar-refractivity contribution in [2.45, 2.75) is 19.5 Å². The summed E-state index contributed by atoms with van der Waals surface area (Å²) in [5, 5.41) is 16.0. The molecule has 6 nitrogen and oxygen atoms in total. The molecule has 92 valence electrons. The van der Waals surface area contributed by atoms with Gasteiger partial charge < -0.3 is 10.6 Å². The van der Waals surface area contributed by atoms with Gasteiger partial charge in [0.2, 0.25) is 5.91 Å². The van der Waals surface area contributed by atoms with Crippen molar-refractivity contribution in [2.75, 3.05) is 7.05 Å². The van der Waals surface area contributed by atoms with Crippen molar-refractivity contribution in [3.8, 4) is 0 Å². The Kier molecular flexibility index (Phi) is 4.59. The lowest BCUT2D eigenvalue weighted by molar-refractivity contribution is -0.384. The van der Waals surface area contributed by atoms with Crippen LogP contribution in [0.2, 0.25) is 0 Å². The maximum atomic E-state index is 11.2. The third-order valence-electron chi connectivity index (χ3n) is 2.40. The molecule has 6 heteroatoms. The number of non-ortho nitro benzene ring substituents is 1. The van der Waals surface area contributed by atoms with E-state index in [1.807, 2.05) is 0 Å². The second kappa shape index (κ2) is 5.95. The van der Waals surface area contributed by atoms with E-state index < -0.39 is 4.92 Å². The topological polar surface area (TPSA) is 84.3 Å². The van der Waals surface area contributed by atoms with Crippen LogP contribution in [0.3, 0.4) is 0 Å². The Morgan fingerprint density at radius 3 is 2.47 bits per heavy atom.